The molecule has 320 valence electrons. The molecule has 0 unspecified atom stereocenters. The minimum absolute atomic E-state index is 0.346. The molecule has 2 heteroatoms. The third-order valence-corrected chi connectivity index (χ3v) is 11.7. The van der Waals surface area contributed by atoms with Gasteiger partial charge in [0.25, 0.3) is 0 Å². The number of carboxylic acid groups (broad SMARTS) is 1. The fourth-order valence-corrected chi connectivity index (χ4v) is 7.92. The van der Waals surface area contributed by atoms with E-state index in [1.54, 1.807) is 0 Å². The van der Waals surface area contributed by atoms with Crippen LogP contribution in [0.25, 0.3) is 0 Å². The third-order valence-electron chi connectivity index (χ3n) is 11.7. The van der Waals surface area contributed by atoms with Gasteiger partial charge in [-0.05, 0) is 6.42 Å². The molecule has 0 bridgehead atoms. The summed E-state index contributed by atoms with van der Waals surface area (Å²) < 4.78 is 0. The lowest BCUT2D eigenvalue weighted by Gasteiger charge is -2.04. The Kier molecular flexibility index (Phi) is 55.2. The van der Waals surface area contributed by atoms with Crippen LogP contribution in [-0.2, 0) is 4.79 Å². The average molecular weight is 749 g/mol. The lowest BCUT2D eigenvalue weighted by molar-refractivity contribution is -0.137. The molecule has 0 aliphatic heterocycles. The second-order valence-corrected chi connectivity index (χ2v) is 17.3. The number of carboxylic acids is 1. The summed E-state index contributed by atoms with van der Waals surface area (Å²) in [6.45, 7) is 6.89. The topological polar surface area (TPSA) is 37.3 Å². The standard InChI is InChI=1S/C27H56.C24H48O2/c1-3-5-7-9-11-13-15-17-19-21-23-25-27-26-24-22-20-18-16-14-12-10-8-6-4-2;1-2-3-4-5-6-7-8-9-10-11-12-13-14-15-16-17-18-19-20-21-22-23-24(25)26/h3-27H2,1-2H3;2-23H2,1H3,(H,25,26). The molecule has 1 N–H and O–H groups in total. The molecule has 2 nitrogen and oxygen atoms in total. The summed E-state index contributed by atoms with van der Waals surface area (Å²) in [7, 11) is 0. The summed E-state index contributed by atoms with van der Waals surface area (Å²) in [5.74, 6) is -0.650. The highest BCUT2D eigenvalue weighted by Gasteiger charge is 1.99. The molecule has 53 heavy (non-hydrogen) atoms. The van der Waals surface area contributed by atoms with E-state index in [-0.39, 0.29) is 0 Å². The summed E-state index contributed by atoms with van der Waals surface area (Å²) in [6, 6.07) is 0. The molecule has 0 fully saturated rings. The van der Waals surface area contributed by atoms with E-state index in [9.17, 15) is 4.79 Å². The van der Waals surface area contributed by atoms with E-state index >= 15 is 0 Å². The molecule has 0 spiro atoms. The van der Waals surface area contributed by atoms with Gasteiger partial charge in [-0.2, -0.15) is 0 Å². The Morgan fingerprint density at radius 3 is 0.453 bits per heavy atom. The number of unbranched alkanes of at least 4 members (excludes halogenated alkanes) is 44. The zero-order chi connectivity index (χ0) is 38.8. The van der Waals surface area contributed by atoms with E-state index in [4.69, 9.17) is 5.11 Å². The average Bonchev–Trinajstić information content (AvgIpc) is 3.16. The van der Waals surface area contributed by atoms with Crippen molar-refractivity contribution in [3.8, 4) is 0 Å². The molecule has 0 amide bonds. The first-order chi connectivity index (χ1) is 26.2. The van der Waals surface area contributed by atoms with Crippen LogP contribution >= 0.6 is 0 Å². The predicted octanol–water partition coefficient (Wildman–Crippen LogP) is 19.5. The van der Waals surface area contributed by atoms with Gasteiger partial charge in [-0.15, -0.1) is 0 Å². The maximum absolute atomic E-state index is 10.4. The third kappa shape index (κ3) is 58.3. The van der Waals surface area contributed by atoms with Gasteiger partial charge in [0.1, 0.15) is 0 Å². The van der Waals surface area contributed by atoms with Gasteiger partial charge in [0.05, 0.1) is 0 Å². The van der Waals surface area contributed by atoms with Crippen molar-refractivity contribution >= 4 is 5.97 Å². The van der Waals surface area contributed by atoms with E-state index in [0.717, 1.165) is 12.8 Å². The van der Waals surface area contributed by atoms with Crippen LogP contribution in [0.2, 0.25) is 0 Å². The van der Waals surface area contributed by atoms with Crippen LogP contribution in [0.4, 0.5) is 0 Å². The van der Waals surface area contributed by atoms with Gasteiger partial charge < -0.3 is 5.11 Å². The van der Waals surface area contributed by atoms with Crippen LogP contribution in [0.5, 0.6) is 0 Å². The highest BCUT2D eigenvalue weighted by atomic mass is 16.4. The zero-order valence-electron chi connectivity index (χ0n) is 37.6. The largest absolute Gasteiger partial charge is 0.481 e. The monoisotopic (exact) mass is 749 g/mol. The minimum Gasteiger partial charge on any atom is -0.481 e. The van der Waals surface area contributed by atoms with E-state index in [0.29, 0.717) is 6.42 Å². The molecular weight excluding hydrogens is 645 g/mol. The van der Waals surface area contributed by atoms with Gasteiger partial charge >= 0.3 is 5.97 Å². The first kappa shape index (κ1) is 54.6. The summed E-state index contributed by atoms with van der Waals surface area (Å²) >= 11 is 0. The smallest absolute Gasteiger partial charge is 0.303 e. The van der Waals surface area contributed by atoms with Crippen LogP contribution in [0.3, 0.4) is 0 Å². The van der Waals surface area contributed by atoms with Gasteiger partial charge in [-0.3, -0.25) is 4.79 Å². The first-order valence-electron chi connectivity index (χ1n) is 25.4. The molecule has 0 aliphatic carbocycles. The molecule has 0 aromatic rings. The molecule has 0 saturated carbocycles. The Balaban J connectivity index is 0. The molecule has 0 aromatic heterocycles. The molecule has 0 aromatic carbocycles. The molecule has 0 heterocycles. The Hall–Kier alpha value is -0.530. The number of carbonyl (C=O) groups is 1. The summed E-state index contributed by atoms with van der Waals surface area (Å²) in [5.41, 5.74) is 0. The number of aliphatic carboxylic acids is 1. The van der Waals surface area contributed by atoms with Crippen molar-refractivity contribution in [3.63, 3.8) is 0 Å². The Morgan fingerprint density at radius 1 is 0.226 bits per heavy atom. The number of rotatable bonds is 46. The fraction of sp³-hybridized carbons (Fsp3) is 0.980. The number of hydrogen-bond donors (Lipinski definition) is 1. The first-order valence-corrected chi connectivity index (χ1v) is 25.4. The van der Waals surface area contributed by atoms with Crippen LogP contribution in [-0.4, -0.2) is 11.1 Å². The Labute approximate surface area is 337 Å². The van der Waals surface area contributed by atoms with Gasteiger partial charge in [-0.25, -0.2) is 0 Å². The molecular formula is C51H104O2. The van der Waals surface area contributed by atoms with E-state index in [2.05, 4.69) is 20.8 Å². The van der Waals surface area contributed by atoms with Crippen molar-refractivity contribution < 1.29 is 9.90 Å². The van der Waals surface area contributed by atoms with Gasteiger partial charge in [0.15, 0.2) is 0 Å². The molecule has 0 aliphatic rings. The molecule has 0 radical (unpaired) electrons. The van der Waals surface area contributed by atoms with Crippen LogP contribution in [0, 0.1) is 0 Å². The second-order valence-electron chi connectivity index (χ2n) is 17.3. The van der Waals surface area contributed by atoms with Crippen LogP contribution < -0.4 is 0 Å². The SMILES string of the molecule is CCCCCCCCCCCCCCCCCCCCCCCC(=O)O.CCCCCCCCCCCCCCCCCCCCCCCCCCC. The maximum Gasteiger partial charge on any atom is 0.303 e. The minimum atomic E-state index is -0.650. The molecule has 0 saturated heterocycles. The summed E-state index contributed by atoms with van der Waals surface area (Å²) in [6.07, 6.45) is 65.9. The number of hydrogen-bond acceptors (Lipinski definition) is 1. The maximum atomic E-state index is 10.4. The van der Waals surface area contributed by atoms with Crippen molar-refractivity contribution in [1.29, 1.82) is 0 Å². The molecule has 0 rings (SSSR count). The second kappa shape index (κ2) is 53.6. The fourth-order valence-electron chi connectivity index (χ4n) is 7.92. The van der Waals surface area contributed by atoms with Gasteiger partial charge in [-0.1, -0.05) is 310 Å². The highest BCUT2D eigenvalue weighted by Crippen LogP contribution is 2.17. The van der Waals surface area contributed by atoms with Crippen LogP contribution in [0.15, 0.2) is 0 Å². The summed E-state index contributed by atoms with van der Waals surface area (Å²) in [5, 5.41) is 8.57. The quantitative estimate of drug-likeness (QED) is 0.0630. The summed E-state index contributed by atoms with van der Waals surface area (Å²) in [4.78, 5) is 10.4. The van der Waals surface area contributed by atoms with Crippen molar-refractivity contribution in [2.75, 3.05) is 0 Å². The van der Waals surface area contributed by atoms with Crippen molar-refractivity contribution in [2.45, 2.75) is 323 Å². The van der Waals surface area contributed by atoms with Crippen molar-refractivity contribution in [1.82, 2.24) is 0 Å². The van der Waals surface area contributed by atoms with Gasteiger partial charge in [0, 0.05) is 6.42 Å². The van der Waals surface area contributed by atoms with Crippen molar-refractivity contribution in [2.24, 2.45) is 0 Å². The van der Waals surface area contributed by atoms with E-state index < -0.39 is 5.97 Å². The lowest BCUT2D eigenvalue weighted by atomic mass is 10.0. The lowest BCUT2D eigenvalue weighted by Crippen LogP contribution is -1.93. The van der Waals surface area contributed by atoms with Crippen LogP contribution in [0.1, 0.15) is 323 Å². The molecule has 0 atom stereocenters. The van der Waals surface area contributed by atoms with Crippen molar-refractivity contribution in [3.05, 3.63) is 0 Å². The highest BCUT2D eigenvalue weighted by molar-refractivity contribution is 5.66. The zero-order valence-corrected chi connectivity index (χ0v) is 37.6. The normalized spacial score (nSPS) is 11.2. The predicted molar refractivity (Wildman–Crippen MR) is 242 cm³/mol. The Morgan fingerprint density at radius 2 is 0.340 bits per heavy atom. The van der Waals surface area contributed by atoms with Gasteiger partial charge in [0.2, 0.25) is 0 Å². The van der Waals surface area contributed by atoms with E-state index in [1.807, 2.05) is 0 Å². The van der Waals surface area contributed by atoms with E-state index in [1.165, 1.54) is 283 Å². The Bertz CT molecular complexity index is 591.